The van der Waals surface area contributed by atoms with Gasteiger partial charge in [0.05, 0.1) is 24.0 Å². The Bertz CT molecular complexity index is 801. The van der Waals surface area contributed by atoms with Gasteiger partial charge in [0.2, 0.25) is 5.91 Å². The third kappa shape index (κ3) is 4.78. The van der Waals surface area contributed by atoms with Crippen LogP contribution >= 0.6 is 0 Å². The van der Waals surface area contributed by atoms with Crippen LogP contribution in [0.25, 0.3) is 0 Å². The molecule has 1 heterocycles. The quantitative estimate of drug-likeness (QED) is 0.789. The Hall–Kier alpha value is -3.02. The van der Waals surface area contributed by atoms with Crippen LogP contribution in [-0.2, 0) is 4.79 Å². The van der Waals surface area contributed by atoms with Crippen LogP contribution in [0.5, 0.6) is 5.75 Å². The van der Waals surface area contributed by atoms with E-state index < -0.39 is 0 Å². The fourth-order valence-corrected chi connectivity index (χ4v) is 3.24. The van der Waals surface area contributed by atoms with Gasteiger partial charge in [-0.05, 0) is 37.1 Å². The lowest BCUT2D eigenvalue weighted by Crippen LogP contribution is -2.28. The van der Waals surface area contributed by atoms with Gasteiger partial charge in [-0.1, -0.05) is 24.3 Å². The van der Waals surface area contributed by atoms with Crippen LogP contribution in [0.3, 0.4) is 0 Å². The number of anilines is 2. The molecule has 2 aromatic carbocycles. The maximum Gasteiger partial charge on any atom is 0.255 e. The Morgan fingerprint density at radius 1 is 1.04 bits per heavy atom. The number of benzene rings is 2. The first-order valence-corrected chi connectivity index (χ1v) is 9.24. The minimum absolute atomic E-state index is 0.123. The van der Waals surface area contributed by atoms with Crippen molar-refractivity contribution in [3.63, 3.8) is 0 Å². The molecule has 6 nitrogen and oxygen atoms in total. The van der Waals surface area contributed by atoms with E-state index in [1.807, 2.05) is 24.3 Å². The summed E-state index contributed by atoms with van der Waals surface area (Å²) in [6.45, 7) is 2.29. The molecule has 0 bridgehead atoms. The Kier molecular flexibility index (Phi) is 6.30. The molecule has 0 saturated carbocycles. The molecule has 6 heteroatoms. The second-order valence-electron chi connectivity index (χ2n) is 6.47. The predicted molar refractivity (Wildman–Crippen MR) is 106 cm³/mol. The van der Waals surface area contributed by atoms with Crippen molar-refractivity contribution < 1.29 is 14.3 Å². The maximum absolute atomic E-state index is 12.3. The zero-order valence-corrected chi connectivity index (χ0v) is 15.5. The lowest BCUT2D eigenvalue weighted by Gasteiger charge is -2.21. The summed E-state index contributed by atoms with van der Waals surface area (Å²) in [5, 5.41) is 5.74. The summed E-state index contributed by atoms with van der Waals surface area (Å²) >= 11 is 0. The number of nitrogens with one attached hydrogen (secondary N) is 2. The number of carbonyl (C=O) groups excluding carboxylic acids is 2. The first-order chi connectivity index (χ1) is 13.2. The number of carbonyl (C=O) groups is 2. The Labute approximate surface area is 159 Å². The molecule has 1 aliphatic heterocycles. The number of para-hydroxylation sites is 3. The van der Waals surface area contributed by atoms with E-state index in [-0.39, 0.29) is 24.8 Å². The molecule has 1 fully saturated rings. The number of nitrogens with zero attached hydrogens (tertiary/aromatic N) is 1. The van der Waals surface area contributed by atoms with E-state index in [2.05, 4.69) is 15.5 Å². The third-order valence-electron chi connectivity index (χ3n) is 4.61. The summed E-state index contributed by atoms with van der Waals surface area (Å²) in [5.41, 5.74) is 2.33. The highest BCUT2D eigenvalue weighted by molar-refractivity contribution is 5.98. The summed E-state index contributed by atoms with van der Waals surface area (Å²) in [6.07, 6.45) is 2.56. The van der Waals surface area contributed by atoms with Gasteiger partial charge in [-0.25, -0.2) is 0 Å². The van der Waals surface area contributed by atoms with Crippen molar-refractivity contribution in [2.24, 2.45) is 0 Å². The number of hydrogen-bond acceptors (Lipinski definition) is 4. The average Bonchev–Trinajstić information content (AvgIpc) is 3.23. The molecular formula is C21H25N3O3. The second-order valence-corrected chi connectivity index (χ2v) is 6.47. The highest BCUT2D eigenvalue weighted by Gasteiger charge is 2.17. The van der Waals surface area contributed by atoms with Gasteiger partial charge in [-0.15, -0.1) is 0 Å². The Morgan fingerprint density at radius 2 is 1.74 bits per heavy atom. The molecule has 0 aliphatic carbocycles. The van der Waals surface area contributed by atoms with Gasteiger partial charge in [-0.3, -0.25) is 9.59 Å². The molecule has 0 atom stereocenters. The van der Waals surface area contributed by atoms with Gasteiger partial charge in [0.25, 0.3) is 5.91 Å². The second kappa shape index (κ2) is 9.07. The van der Waals surface area contributed by atoms with Crippen LogP contribution < -0.4 is 20.3 Å². The first kappa shape index (κ1) is 18.8. The summed E-state index contributed by atoms with van der Waals surface area (Å²) in [6, 6.07) is 14.9. The monoisotopic (exact) mass is 367 g/mol. The standard InChI is InChI=1S/C21H25N3O3/c1-27-19-11-5-2-8-16(19)21(26)22-13-12-20(25)23-17-9-3-4-10-18(17)24-14-6-7-15-24/h2-5,8-11H,6-7,12-15H2,1H3,(H,22,26)(H,23,25). The number of ether oxygens (including phenoxy) is 1. The number of rotatable bonds is 7. The van der Waals surface area contributed by atoms with E-state index in [0.29, 0.717) is 11.3 Å². The summed E-state index contributed by atoms with van der Waals surface area (Å²) in [7, 11) is 1.53. The van der Waals surface area contributed by atoms with Gasteiger partial charge in [0.15, 0.2) is 0 Å². The normalized spacial score (nSPS) is 13.3. The molecule has 1 saturated heterocycles. The predicted octanol–water partition coefficient (Wildman–Crippen LogP) is 3.05. The van der Waals surface area contributed by atoms with E-state index in [1.165, 1.54) is 20.0 Å². The highest BCUT2D eigenvalue weighted by Crippen LogP contribution is 2.28. The van der Waals surface area contributed by atoms with Crippen LogP contribution in [0, 0.1) is 0 Å². The van der Waals surface area contributed by atoms with Crippen LogP contribution in [-0.4, -0.2) is 38.6 Å². The van der Waals surface area contributed by atoms with Gasteiger partial charge in [0, 0.05) is 26.1 Å². The van der Waals surface area contributed by atoms with Crippen LogP contribution in [0.2, 0.25) is 0 Å². The SMILES string of the molecule is COc1ccccc1C(=O)NCCC(=O)Nc1ccccc1N1CCCC1. The minimum atomic E-state index is -0.252. The molecule has 3 rings (SSSR count). The van der Waals surface area contributed by atoms with Gasteiger partial charge >= 0.3 is 0 Å². The summed E-state index contributed by atoms with van der Waals surface area (Å²) < 4.78 is 5.19. The summed E-state index contributed by atoms with van der Waals surface area (Å²) in [4.78, 5) is 26.9. The van der Waals surface area contributed by atoms with Crippen molar-refractivity contribution in [3.05, 3.63) is 54.1 Å². The van der Waals surface area contributed by atoms with Crippen molar-refractivity contribution in [2.45, 2.75) is 19.3 Å². The number of hydrogen-bond donors (Lipinski definition) is 2. The van der Waals surface area contributed by atoms with Crippen molar-refractivity contribution in [2.75, 3.05) is 37.0 Å². The number of methoxy groups -OCH3 is 1. The first-order valence-electron chi connectivity index (χ1n) is 9.24. The molecule has 0 aromatic heterocycles. The Morgan fingerprint density at radius 3 is 2.52 bits per heavy atom. The minimum Gasteiger partial charge on any atom is -0.496 e. The highest BCUT2D eigenvalue weighted by atomic mass is 16.5. The lowest BCUT2D eigenvalue weighted by molar-refractivity contribution is -0.116. The lowest BCUT2D eigenvalue weighted by atomic mass is 10.2. The molecule has 2 N–H and O–H groups in total. The van der Waals surface area contributed by atoms with E-state index in [4.69, 9.17) is 4.74 Å². The van der Waals surface area contributed by atoms with Crippen molar-refractivity contribution >= 4 is 23.2 Å². The molecule has 0 radical (unpaired) electrons. The molecule has 0 unspecified atom stereocenters. The fraction of sp³-hybridized carbons (Fsp3) is 0.333. The average molecular weight is 367 g/mol. The van der Waals surface area contributed by atoms with E-state index in [9.17, 15) is 9.59 Å². The van der Waals surface area contributed by atoms with Crippen LogP contribution in [0.1, 0.15) is 29.6 Å². The summed E-state index contributed by atoms with van der Waals surface area (Å²) in [5.74, 6) is 0.138. The number of amides is 2. The molecule has 2 amide bonds. The molecule has 27 heavy (non-hydrogen) atoms. The van der Waals surface area contributed by atoms with E-state index in [1.54, 1.807) is 24.3 Å². The van der Waals surface area contributed by atoms with Crippen molar-refractivity contribution in [1.29, 1.82) is 0 Å². The smallest absolute Gasteiger partial charge is 0.255 e. The van der Waals surface area contributed by atoms with E-state index >= 15 is 0 Å². The van der Waals surface area contributed by atoms with Crippen LogP contribution in [0.15, 0.2) is 48.5 Å². The fourth-order valence-electron chi connectivity index (χ4n) is 3.24. The van der Waals surface area contributed by atoms with Crippen molar-refractivity contribution in [1.82, 2.24) is 5.32 Å². The van der Waals surface area contributed by atoms with Gasteiger partial charge < -0.3 is 20.3 Å². The largest absolute Gasteiger partial charge is 0.496 e. The van der Waals surface area contributed by atoms with Gasteiger partial charge in [-0.2, -0.15) is 0 Å². The Balaban J connectivity index is 1.52. The maximum atomic E-state index is 12.3. The zero-order chi connectivity index (χ0) is 19.1. The molecule has 0 spiro atoms. The molecule has 2 aromatic rings. The molecule has 1 aliphatic rings. The van der Waals surface area contributed by atoms with Gasteiger partial charge in [0.1, 0.15) is 5.75 Å². The van der Waals surface area contributed by atoms with Crippen molar-refractivity contribution in [3.8, 4) is 5.75 Å². The van der Waals surface area contributed by atoms with Crippen LogP contribution in [0.4, 0.5) is 11.4 Å². The van der Waals surface area contributed by atoms with E-state index in [0.717, 1.165) is 24.5 Å². The molecular weight excluding hydrogens is 342 g/mol. The molecule has 142 valence electrons. The topological polar surface area (TPSA) is 70.7 Å². The zero-order valence-electron chi connectivity index (χ0n) is 15.5. The third-order valence-corrected chi connectivity index (χ3v) is 4.61.